The van der Waals surface area contributed by atoms with Crippen molar-refractivity contribution in [2.24, 2.45) is 0 Å². The number of aromatic nitrogens is 3. The average Bonchev–Trinajstić information content (AvgIpc) is 3.06. The Morgan fingerprint density at radius 3 is 2.70 bits per heavy atom. The Bertz CT molecular complexity index is 784. The molecule has 5 N–H and O–H groups in total. The highest BCUT2D eigenvalue weighted by Crippen LogP contribution is 2.34. The van der Waals surface area contributed by atoms with Crippen LogP contribution in [0.2, 0.25) is 0 Å². The number of fused-ring (bicyclic) bond motifs is 1. The molecule has 0 bridgehead atoms. The van der Waals surface area contributed by atoms with Crippen molar-refractivity contribution in [3.8, 4) is 6.07 Å². The number of rotatable bonds is 3. The zero-order valence-electron chi connectivity index (χ0n) is 12.4. The summed E-state index contributed by atoms with van der Waals surface area (Å²) in [6, 6.07) is 2.01. The minimum Gasteiger partial charge on any atom is -0.394 e. The smallest absolute Gasteiger partial charge is 0.164 e. The van der Waals surface area contributed by atoms with Gasteiger partial charge in [-0.3, -0.25) is 0 Å². The first kappa shape index (κ1) is 15.6. The molecule has 0 saturated carbocycles. The Hall–Kier alpha value is -2.25. The highest BCUT2D eigenvalue weighted by Gasteiger charge is 2.44. The highest BCUT2D eigenvalue weighted by molar-refractivity contribution is 5.92. The molecule has 23 heavy (non-hydrogen) atoms. The van der Waals surface area contributed by atoms with Crippen molar-refractivity contribution < 1.29 is 20.1 Å². The third-order valence-electron chi connectivity index (χ3n) is 3.97. The van der Waals surface area contributed by atoms with Crippen LogP contribution < -0.4 is 5.73 Å². The lowest BCUT2D eigenvalue weighted by atomic mass is 10.1. The van der Waals surface area contributed by atoms with Crippen molar-refractivity contribution in [3.63, 3.8) is 0 Å². The molecular weight excluding hydrogens is 302 g/mol. The van der Waals surface area contributed by atoms with E-state index in [0.717, 1.165) is 0 Å². The van der Waals surface area contributed by atoms with E-state index in [9.17, 15) is 20.6 Å². The summed E-state index contributed by atoms with van der Waals surface area (Å²) in [4.78, 5) is 8.51. The number of ether oxygens (including phenoxy) is 1. The second kappa shape index (κ2) is 5.75. The standard InChI is InChI=1S/C14H17N5O4/c1-2-8-17-12(16)9-6(3-15)4-19(13(9)18-8)14-11(22)10(21)7(5-20)23-14/h4,7,10-11,14,20-22H,2,5H2,1H3,(H2,16,17,18)/t7-,10-,11-,14-/m1/s1. The van der Waals surface area contributed by atoms with Gasteiger partial charge >= 0.3 is 0 Å². The number of anilines is 1. The molecule has 0 amide bonds. The molecule has 2 aromatic heterocycles. The third-order valence-corrected chi connectivity index (χ3v) is 3.97. The molecule has 0 unspecified atom stereocenters. The maximum atomic E-state index is 10.2. The topological polar surface area (TPSA) is 150 Å². The molecule has 1 saturated heterocycles. The molecule has 9 heteroatoms. The van der Waals surface area contributed by atoms with Crippen molar-refractivity contribution in [1.29, 1.82) is 5.26 Å². The second-order valence-electron chi connectivity index (χ2n) is 5.37. The Kier molecular flexibility index (Phi) is 3.91. The van der Waals surface area contributed by atoms with Crippen molar-refractivity contribution in [2.45, 2.75) is 37.9 Å². The van der Waals surface area contributed by atoms with E-state index in [1.54, 1.807) is 0 Å². The van der Waals surface area contributed by atoms with E-state index in [2.05, 4.69) is 9.97 Å². The fraction of sp³-hybridized carbons (Fsp3) is 0.500. The lowest BCUT2D eigenvalue weighted by Gasteiger charge is -2.17. The fourth-order valence-corrected chi connectivity index (χ4v) is 2.77. The largest absolute Gasteiger partial charge is 0.394 e. The van der Waals surface area contributed by atoms with Crippen molar-refractivity contribution in [1.82, 2.24) is 14.5 Å². The van der Waals surface area contributed by atoms with Gasteiger partial charge in [-0.05, 0) is 0 Å². The van der Waals surface area contributed by atoms with Crippen LogP contribution in [-0.2, 0) is 11.2 Å². The van der Waals surface area contributed by atoms with E-state index in [0.29, 0.717) is 23.3 Å². The lowest BCUT2D eigenvalue weighted by molar-refractivity contribution is -0.0508. The molecule has 3 heterocycles. The first-order valence-corrected chi connectivity index (χ1v) is 7.21. The number of nitriles is 1. The van der Waals surface area contributed by atoms with Gasteiger partial charge in [-0.1, -0.05) is 6.92 Å². The summed E-state index contributed by atoms with van der Waals surface area (Å²) in [5.41, 5.74) is 6.52. The van der Waals surface area contributed by atoms with Gasteiger partial charge in [0.2, 0.25) is 0 Å². The van der Waals surface area contributed by atoms with Gasteiger partial charge in [0.1, 0.15) is 41.7 Å². The SMILES string of the molecule is CCc1nc(N)c2c(C#N)cn([C@@H]3O[C@H](CO)[C@@H](O)[C@H]3O)c2n1. The summed E-state index contributed by atoms with van der Waals surface area (Å²) in [6.45, 7) is 1.43. The second-order valence-corrected chi connectivity index (χ2v) is 5.37. The fourth-order valence-electron chi connectivity index (χ4n) is 2.77. The van der Waals surface area contributed by atoms with Crippen molar-refractivity contribution >= 4 is 16.9 Å². The van der Waals surface area contributed by atoms with Crippen LogP contribution in [0.25, 0.3) is 11.0 Å². The molecule has 0 radical (unpaired) electrons. The van der Waals surface area contributed by atoms with Gasteiger partial charge in [-0.15, -0.1) is 0 Å². The van der Waals surface area contributed by atoms with Gasteiger partial charge in [-0.25, -0.2) is 9.97 Å². The molecule has 9 nitrogen and oxygen atoms in total. The van der Waals surface area contributed by atoms with Crippen LogP contribution in [0, 0.1) is 11.3 Å². The minimum absolute atomic E-state index is 0.175. The molecular formula is C14H17N5O4. The lowest BCUT2D eigenvalue weighted by Crippen LogP contribution is -2.33. The first-order chi connectivity index (χ1) is 11.0. The van der Waals surface area contributed by atoms with Crippen LogP contribution in [0.15, 0.2) is 6.20 Å². The summed E-state index contributed by atoms with van der Waals surface area (Å²) in [5.74, 6) is 0.666. The van der Waals surface area contributed by atoms with Crippen molar-refractivity contribution in [2.75, 3.05) is 12.3 Å². The molecule has 3 rings (SSSR count). The zero-order chi connectivity index (χ0) is 16.7. The van der Waals surface area contributed by atoms with E-state index in [1.807, 2.05) is 13.0 Å². The molecule has 0 aromatic carbocycles. The predicted octanol–water partition coefficient (Wildman–Crippen LogP) is -0.941. The van der Waals surface area contributed by atoms with Crippen LogP contribution in [-0.4, -0.2) is 54.8 Å². The summed E-state index contributed by atoms with van der Waals surface area (Å²) in [7, 11) is 0. The molecule has 4 atom stereocenters. The van der Waals surface area contributed by atoms with Gasteiger partial charge in [0.15, 0.2) is 6.23 Å². The van der Waals surface area contributed by atoms with Crippen LogP contribution in [0.5, 0.6) is 0 Å². The van der Waals surface area contributed by atoms with Gasteiger partial charge in [-0.2, -0.15) is 5.26 Å². The van der Waals surface area contributed by atoms with E-state index < -0.39 is 31.1 Å². The van der Waals surface area contributed by atoms with Gasteiger partial charge in [0.05, 0.1) is 17.6 Å². The highest BCUT2D eigenvalue weighted by atomic mass is 16.6. The van der Waals surface area contributed by atoms with E-state index in [-0.39, 0.29) is 11.4 Å². The number of hydrogen-bond acceptors (Lipinski definition) is 8. The van der Waals surface area contributed by atoms with Crippen LogP contribution in [0.3, 0.4) is 0 Å². The third kappa shape index (κ3) is 2.32. The number of aliphatic hydroxyl groups is 3. The van der Waals surface area contributed by atoms with Crippen LogP contribution in [0.1, 0.15) is 24.5 Å². The Labute approximate surface area is 131 Å². The molecule has 2 aromatic rings. The molecule has 122 valence electrons. The van der Waals surface area contributed by atoms with Crippen LogP contribution in [0.4, 0.5) is 5.82 Å². The van der Waals surface area contributed by atoms with Gasteiger partial charge < -0.3 is 30.4 Å². The number of nitrogens with two attached hydrogens (primary N) is 1. The minimum atomic E-state index is -1.27. The summed E-state index contributed by atoms with van der Waals surface area (Å²) in [5, 5.41) is 39.0. The number of nitrogens with zero attached hydrogens (tertiary/aromatic N) is 4. The number of nitrogen functional groups attached to an aromatic ring is 1. The maximum Gasteiger partial charge on any atom is 0.164 e. The van der Waals surface area contributed by atoms with Gasteiger partial charge in [0, 0.05) is 12.6 Å². The number of hydrogen-bond donors (Lipinski definition) is 4. The molecule has 1 aliphatic heterocycles. The Balaban J connectivity index is 2.18. The zero-order valence-corrected chi connectivity index (χ0v) is 12.4. The molecule has 1 fully saturated rings. The average molecular weight is 319 g/mol. The molecule has 0 spiro atoms. The number of aryl methyl sites for hydroxylation is 1. The van der Waals surface area contributed by atoms with E-state index in [4.69, 9.17) is 10.5 Å². The number of aliphatic hydroxyl groups excluding tert-OH is 3. The summed E-state index contributed by atoms with van der Waals surface area (Å²) >= 11 is 0. The van der Waals surface area contributed by atoms with Gasteiger partial charge in [0.25, 0.3) is 0 Å². The molecule has 1 aliphatic rings. The summed E-state index contributed by atoms with van der Waals surface area (Å²) in [6.07, 6.45) is -2.40. The van der Waals surface area contributed by atoms with E-state index >= 15 is 0 Å². The normalized spacial score (nSPS) is 27.4. The predicted molar refractivity (Wildman–Crippen MR) is 79.0 cm³/mol. The summed E-state index contributed by atoms with van der Waals surface area (Å²) < 4.78 is 6.96. The molecule has 0 aliphatic carbocycles. The Morgan fingerprint density at radius 1 is 1.39 bits per heavy atom. The quantitative estimate of drug-likeness (QED) is 0.566. The monoisotopic (exact) mass is 319 g/mol. The van der Waals surface area contributed by atoms with E-state index in [1.165, 1.54) is 10.8 Å². The maximum absolute atomic E-state index is 10.2. The Morgan fingerprint density at radius 2 is 2.13 bits per heavy atom. The van der Waals surface area contributed by atoms with Crippen LogP contribution >= 0.6 is 0 Å². The first-order valence-electron chi connectivity index (χ1n) is 7.21. The van der Waals surface area contributed by atoms with Crippen molar-refractivity contribution in [3.05, 3.63) is 17.6 Å².